The maximum atomic E-state index is 12.6. The van der Waals surface area contributed by atoms with Gasteiger partial charge in [0, 0.05) is 29.9 Å². The predicted octanol–water partition coefficient (Wildman–Crippen LogP) is 3.83. The van der Waals surface area contributed by atoms with Crippen LogP contribution in [0.1, 0.15) is 30.1 Å². The van der Waals surface area contributed by atoms with Crippen LogP contribution in [0.5, 0.6) is 0 Å². The fraction of sp³-hybridized carbons (Fsp3) is 0.211. The van der Waals surface area contributed by atoms with Crippen molar-refractivity contribution in [1.82, 2.24) is 15.3 Å². The number of nitrogens with zero attached hydrogens (tertiary/aromatic N) is 2. The molecule has 0 saturated carbocycles. The van der Waals surface area contributed by atoms with Crippen LogP contribution in [0.15, 0.2) is 54.9 Å². The zero-order valence-electron chi connectivity index (χ0n) is 13.1. The molecule has 0 radical (unpaired) electrons. The largest absolute Gasteiger partial charge is 0.352 e. The summed E-state index contributed by atoms with van der Waals surface area (Å²) in [6, 6.07) is 13.4. The number of para-hydroxylation sites is 1. The Kier molecular flexibility index (Phi) is 4.62. The number of carbonyl (C=O) groups is 1. The highest BCUT2D eigenvalue weighted by molar-refractivity contribution is 6.07. The lowest BCUT2D eigenvalue weighted by Crippen LogP contribution is -2.24. The highest BCUT2D eigenvalue weighted by atomic mass is 16.1. The van der Waals surface area contributed by atoms with E-state index < -0.39 is 0 Å². The zero-order chi connectivity index (χ0) is 16.1. The molecule has 3 aromatic rings. The molecule has 0 saturated heterocycles. The van der Waals surface area contributed by atoms with Crippen LogP contribution in [0.2, 0.25) is 0 Å². The van der Waals surface area contributed by atoms with Gasteiger partial charge < -0.3 is 5.32 Å². The van der Waals surface area contributed by atoms with Crippen LogP contribution >= 0.6 is 0 Å². The van der Waals surface area contributed by atoms with E-state index in [1.54, 1.807) is 12.4 Å². The van der Waals surface area contributed by atoms with Crippen molar-refractivity contribution >= 4 is 16.8 Å². The van der Waals surface area contributed by atoms with E-state index in [4.69, 9.17) is 0 Å². The number of hydrogen-bond donors (Lipinski definition) is 1. The number of nitrogens with one attached hydrogen (secondary N) is 1. The quantitative estimate of drug-likeness (QED) is 0.729. The topological polar surface area (TPSA) is 54.9 Å². The Labute approximate surface area is 135 Å². The van der Waals surface area contributed by atoms with E-state index >= 15 is 0 Å². The van der Waals surface area contributed by atoms with Gasteiger partial charge in [-0.2, -0.15) is 0 Å². The number of hydrogen-bond acceptors (Lipinski definition) is 3. The summed E-state index contributed by atoms with van der Waals surface area (Å²) >= 11 is 0. The van der Waals surface area contributed by atoms with Crippen LogP contribution < -0.4 is 5.32 Å². The van der Waals surface area contributed by atoms with Gasteiger partial charge >= 0.3 is 0 Å². The Bertz CT molecular complexity index is 815. The summed E-state index contributed by atoms with van der Waals surface area (Å²) in [5.41, 5.74) is 3.14. The molecule has 0 aliphatic heterocycles. The number of fused-ring (bicyclic) bond motifs is 1. The van der Waals surface area contributed by atoms with Crippen LogP contribution in [0.25, 0.3) is 22.2 Å². The molecule has 3 rings (SSSR count). The molecule has 0 aliphatic rings. The molecule has 0 bridgehead atoms. The summed E-state index contributed by atoms with van der Waals surface area (Å²) < 4.78 is 0. The average Bonchev–Trinajstić information content (AvgIpc) is 2.61. The Balaban J connectivity index is 2.06. The van der Waals surface area contributed by atoms with Crippen molar-refractivity contribution in [2.45, 2.75) is 19.8 Å². The van der Waals surface area contributed by atoms with Gasteiger partial charge in [0.05, 0.1) is 16.8 Å². The molecule has 4 nitrogen and oxygen atoms in total. The van der Waals surface area contributed by atoms with Crippen molar-refractivity contribution in [1.29, 1.82) is 0 Å². The van der Waals surface area contributed by atoms with Crippen molar-refractivity contribution in [3.63, 3.8) is 0 Å². The van der Waals surface area contributed by atoms with Gasteiger partial charge in [0.1, 0.15) is 0 Å². The molecule has 0 unspecified atom stereocenters. The first-order valence-corrected chi connectivity index (χ1v) is 7.88. The molecule has 23 heavy (non-hydrogen) atoms. The summed E-state index contributed by atoms with van der Waals surface area (Å²) in [7, 11) is 0. The van der Waals surface area contributed by atoms with Crippen LogP contribution in [-0.2, 0) is 0 Å². The van der Waals surface area contributed by atoms with E-state index in [1.807, 2.05) is 42.5 Å². The molecule has 4 heteroatoms. The molecule has 0 fully saturated rings. The minimum absolute atomic E-state index is 0.0535. The third kappa shape index (κ3) is 3.37. The summed E-state index contributed by atoms with van der Waals surface area (Å²) in [5.74, 6) is -0.0535. The molecular formula is C19H19N3O. The second-order valence-corrected chi connectivity index (χ2v) is 5.42. The number of amides is 1. The highest BCUT2D eigenvalue weighted by Gasteiger charge is 2.13. The van der Waals surface area contributed by atoms with E-state index in [-0.39, 0.29) is 5.91 Å². The number of benzene rings is 1. The molecule has 2 heterocycles. The van der Waals surface area contributed by atoms with Crippen LogP contribution in [0, 0.1) is 0 Å². The van der Waals surface area contributed by atoms with Gasteiger partial charge in [-0.3, -0.25) is 9.78 Å². The van der Waals surface area contributed by atoms with Crippen molar-refractivity contribution in [3.05, 3.63) is 60.4 Å². The Morgan fingerprint density at radius 3 is 2.83 bits per heavy atom. The third-order valence-corrected chi connectivity index (χ3v) is 3.73. The Morgan fingerprint density at radius 1 is 1.17 bits per heavy atom. The van der Waals surface area contributed by atoms with E-state index in [2.05, 4.69) is 22.2 Å². The lowest BCUT2D eigenvalue weighted by atomic mass is 10.0. The van der Waals surface area contributed by atoms with E-state index in [9.17, 15) is 4.79 Å². The number of aromatic nitrogens is 2. The minimum Gasteiger partial charge on any atom is -0.352 e. The Morgan fingerprint density at radius 2 is 2.04 bits per heavy atom. The average molecular weight is 305 g/mol. The minimum atomic E-state index is -0.0535. The van der Waals surface area contributed by atoms with E-state index in [0.29, 0.717) is 12.1 Å². The first-order valence-electron chi connectivity index (χ1n) is 7.88. The predicted molar refractivity (Wildman–Crippen MR) is 92.2 cm³/mol. The van der Waals surface area contributed by atoms with Gasteiger partial charge in [0.2, 0.25) is 0 Å². The molecule has 2 aromatic heterocycles. The van der Waals surface area contributed by atoms with Gasteiger partial charge in [-0.25, -0.2) is 4.98 Å². The molecular weight excluding hydrogens is 286 g/mol. The fourth-order valence-corrected chi connectivity index (χ4v) is 2.50. The smallest absolute Gasteiger partial charge is 0.252 e. The van der Waals surface area contributed by atoms with Crippen molar-refractivity contribution < 1.29 is 4.79 Å². The maximum absolute atomic E-state index is 12.6. The summed E-state index contributed by atoms with van der Waals surface area (Å²) in [4.78, 5) is 21.4. The van der Waals surface area contributed by atoms with Crippen molar-refractivity contribution in [2.75, 3.05) is 6.54 Å². The molecule has 0 spiro atoms. The molecule has 0 atom stereocenters. The van der Waals surface area contributed by atoms with Crippen molar-refractivity contribution in [3.8, 4) is 11.3 Å². The molecule has 1 N–H and O–H groups in total. The van der Waals surface area contributed by atoms with Crippen molar-refractivity contribution in [2.24, 2.45) is 0 Å². The normalized spacial score (nSPS) is 10.7. The lowest BCUT2D eigenvalue weighted by Gasteiger charge is -2.10. The summed E-state index contributed by atoms with van der Waals surface area (Å²) in [6.07, 6.45) is 5.52. The summed E-state index contributed by atoms with van der Waals surface area (Å²) in [5, 5.41) is 3.86. The van der Waals surface area contributed by atoms with Gasteiger partial charge in [-0.15, -0.1) is 0 Å². The van der Waals surface area contributed by atoms with E-state index in [0.717, 1.165) is 35.0 Å². The summed E-state index contributed by atoms with van der Waals surface area (Å²) in [6.45, 7) is 2.79. The number of rotatable bonds is 5. The molecule has 1 aromatic carbocycles. The van der Waals surface area contributed by atoms with E-state index in [1.165, 1.54) is 0 Å². The Hall–Kier alpha value is -2.75. The molecule has 0 aliphatic carbocycles. The standard InChI is InChI=1S/C19H19N3O/c1-2-3-11-21-19(23)16-12-18(14-7-6-10-20-13-14)22-17-9-5-4-8-15(16)17/h4-10,12-13H,2-3,11H2,1H3,(H,21,23). The SMILES string of the molecule is CCCCNC(=O)c1cc(-c2cccnc2)nc2ccccc12. The van der Waals surface area contributed by atoms with Gasteiger partial charge in [-0.05, 0) is 30.7 Å². The van der Waals surface area contributed by atoms with Crippen LogP contribution in [0.3, 0.4) is 0 Å². The van der Waals surface area contributed by atoms with Crippen LogP contribution in [-0.4, -0.2) is 22.4 Å². The van der Waals surface area contributed by atoms with Gasteiger partial charge in [0.25, 0.3) is 5.91 Å². The first kappa shape index (κ1) is 15.2. The number of carbonyl (C=O) groups excluding carboxylic acids is 1. The van der Waals surface area contributed by atoms with Gasteiger partial charge in [0.15, 0.2) is 0 Å². The second-order valence-electron chi connectivity index (χ2n) is 5.42. The second kappa shape index (κ2) is 7.01. The zero-order valence-corrected chi connectivity index (χ0v) is 13.1. The number of unbranched alkanes of at least 4 members (excludes halogenated alkanes) is 1. The van der Waals surface area contributed by atoms with Gasteiger partial charge in [-0.1, -0.05) is 31.5 Å². The molecule has 116 valence electrons. The maximum Gasteiger partial charge on any atom is 0.252 e. The number of pyridine rings is 2. The highest BCUT2D eigenvalue weighted by Crippen LogP contribution is 2.24. The monoisotopic (exact) mass is 305 g/mol. The van der Waals surface area contributed by atoms with Crippen LogP contribution in [0.4, 0.5) is 0 Å². The third-order valence-electron chi connectivity index (χ3n) is 3.73. The first-order chi connectivity index (χ1) is 11.3. The fourth-order valence-electron chi connectivity index (χ4n) is 2.50. The lowest BCUT2D eigenvalue weighted by molar-refractivity contribution is 0.0955. The molecule has 1 amide bonds.